The maximum atomic E-state index is 13.6. The lowest BCUT2D eigenvalue weighted by Crippen LogP contribution is -2.12. The normalized spacial score (nSPS) is 10.6. The van der Waals surface area contributed by atoms with Crippen molar-refractivity contribution in [2.24, 2.45) is 5.73 Å². The summed E-state index contributed by atoms with van der Waals surface area (Å²) in [6, 6.07) is 14.0. The van der Waals surface area contributed by atoms with Crippen molar-refractivity contribution in [2.75, 3.05) is 0 Å². The molecule has 0 bridgehead atoms. The van der Waals surface area contributed by atoms with Crippen LogP contribution in [0.25, 0.3) is 11.3 Å². The Morgan fingerprint density at radius 3 is 2.58 bits per heavy atom. The molecule has 0 saturated heterocycles. The summed E-state index contributed by atoms with van der Waals surface area (Å²) in [6.07, 6.45) is 1.70. The lowest BCUT2D eigenvalue weighted by molar-refractivity contribution is 0.0999. The van der Waals surface area contributed by atoms with Gasteiger partial charge in [-0.15, -0.1) is 0 Å². The zero-order valence-electron chi connectivity index (χ0n) is 14.6. The third kappa shape index (κ3) is 3.88. The van der Waals surface area contributed by atoms with Crippen LogP contribution in [-0.4, -0.2) is 10.9 Å². The smallest absolute Gasteiger partial charge is 0.248 e. The van der Waals surface area contributed by atoms with Gasteiger partial charge in [-0.25, -0.2) is 4.39 Å². The van der Waals surface area contributed by atoms with Crippen LogP contribution in [-0.2, 0) is 6.61 Å². The highest BCUT2D eigenvalue weighted by Crippen LogP contribution is 2.22. The molecule has 1 aromatic heterocycles. The molecular weight excluding hydrogens is 331 g/mol. The molecule has 0 fully saturated rings. The van der Waals surface area contributed by atoms with Gasteiger partial charge in [0.25, 0.3) is 0 Å². The highest BCUT2D eigenvalue weighted by molar-refractivity contribution is 5.94. The van der Waals surface area contributed by atoms with Crippen molar-refractivity contribution in [1.82, 2.24) is 4.98 Å². The van der Waals surface area contributed by atoms with Gasteiger partial charge in [0.15, 0.2) is 0 Å². The molecule has 0 aliphatic rings. The number of ether oxygens (including phenoxy) is 1. The van der Waals surface area contributed by atoms with Crippen LogP contribution < -0.4 is 10.5 Å². The fourth-order valence-corrected chi connectivity index (χ4v) is 2.65. The SMILES string of the molecule is Cc1ccc(OCc2ccnc(-c3ccc(C(N)=O)c(C)c3)c2)cc1F. The Hall–Kier alpha value is -3.21. The van der Waals surface area contributed by atoms with Crippen molar-refractivity contribution in [3.63, 3.8) is 0 Å². The van der Waals surface area contributed by atoms with Gasteiger partial charge in [0.05, 0.1) is 5.69 Å². The highest BCUT2D eigenvalue weighted by atomic mass is 19.1. The van der Waals surface area contributed by atoms with E-state index in [1.165, 1.54) is 6.07 Å². The van der Waals surface area contributed by atoms with Crippen LogP contribution >= 0.6 is 0 Å². The lowest BCUT2D eigenvalue weighted by atomic mass is 10.0. The molecule has 4 nitrogen and oxygen atoms in total. The van der Waals surface area contributed by atoms with Crippen molar-refractivity contribution < 1.29 is 13.9 Å². The maximum absolute atomic E-state index is 13.6. The molecule has 0 saturated carbocycles. The van der Waals surface area contributed by atoms with Gasteiger partial charge in [0, 0.05) is 23.4 Å². The van der Waals surface area contributed by atoms with Crippen molar-refractivity contribution in [2.45, 2.75) is 20.5 Å². The Kier molecular flexibility index (Phi) is 4.98. The Morgan fingerprint density at radius 2 is 1.88 bits per heavy atom. The molecule has 2 aromatic carbocycles. The Bertz CT molecular complexity index is 970. The van der Waals surface area contributed by atoms with Crippen molar-refractivity contribution in [1.29, 1.82) is 0 Å². The molecule has 0 radical (unpaired) electrons. The summed E-state index contributed by atoms with van der Waals surface area (Å²) < 4.78 is 19.3. The summed E-state index contributed by atoms with van der Waals surface area (Å²) in [5.74, 6) is -0.259. The maximum Gasteiger partial charge on any atom is 0.248 e. The molecule has 1 amide bonds. The highest BCUT2D eigenvalue weighted by Gasteiger charge is 2.08. The molecule has 0 atom stereocenters. The second kappa shape index (κ2) is 7.35. The van der Waals surface area contributed by atoms with Gasteiger partial charge < -0.3 is 10.5 Å². The standard InChI is InChI=1S/C21H19FN2O2/c1-13-3-5-17(11-19(13)22)26-12-15-7-8-24-20(10-15)16-4-6-18(21(23)25)14(2)9-16/h3-11H,12H2,1-2H3,(H2,23,25). The Balaban J connectivity index is 1.78. The van der Waals surface area contributed by atoms with Gasteiger partial charge in [0.1, 0.15) is 18.2 Å². The number of nitrogens with zero attached hydrogens (tertiary/aromatic N) is 1. The molecular formula is C21H19FN2O2. The molecule has 0 aliphatic heterocycles. The first-order valence-electron chi connectivity index (χ1n) is 8.19. The topological polar surface area (TPSA) is 65.2 Å². The number of pyridine rings is 1. The molecule has 1 heterocycles. The molecule has 5 heteroatoms. The number of aromatic nitrogens is 1. The van der Waals surface area contributed by atoms with Crippen LogP contribution in [0.2, 0.25) is 0 Å². The van der Waals surface area contributed by atoms with Crippen LogP contribution in [0.3, 0.4) is 0 Å². The average molecular weight is 350 g/mol. The number of carbonyl (C=O) groups excluding carboxylic acids is 1. The molecule has 3 rings (SSSR count). The van der Waals surface area contributed by atoms with Crippen LogP contribution in [0.15, 0.2) is 54.7 Å². The second-order valence-electron chi connectivity index (χ2n) is 6.14. The zero-order valence-corrected chi connectivity index (χ0v) is 14.6. The van der Waals surface area contributed by atoms with Crippen LogP contribution in [0.1, 0.15) is 27.0 Å². The number of benzene rings is 2. The van der Waals surface area contributed by atoms with Gasteiger partial charge in [-0.2, -0.15) is 0 Å². The fraction of sp³-hybridized carbons (Fsp3) is 0.143. The number of nitrogens with two attached hydrogens (primary N) is 1. The Labute approximate surface area is 151 Å². The fourth-order valence-electron chi connectivity index (χ4n) is 2.65. The number of rotatable bonds is 5. The monoisotopic (exact) mass is 350 g/mol. The van der Waals surface area contributed by atoms with Crippen molar-refractivity contribution >= 4 is 5.91 Å². The van der Waals surface area contributed by atoms with Gasteiger partial charge in [-0.3, -0.25) is 9.78 Å². The minimum absolute atomic E-state index is 0.289. The van der Waals surface area contributed by atoms with Gasteiger partial charge >= 0.3 is 0 Å². The molecule has 0 spiro atoms. The van der Waals surface area contributed by atoms with Crippen LogP contribution in [0, 0.1) is 19.7 Å². The number of amides is 1. The van der Waals surface area contributed by atoms with E-state index < -0.39 is 5.91 Å². The average Bonchev–Trinajstić information content (AvgIpc) is 2.62. The third-order valence-electron chi connectivity index (χ3n) is 4.16. The first-order chi connectivity index (χ1) is 12.4. The number of primary amides is 1. The van der Waals surface area contributed by atoms with Crippen LogP contribution in [0.5, 0.6) is 5.75 Å². The number of hydrogen-bond acceptors (Lipinski definition) is 3. The molecule has 2 N–H and O–H groups in total. The predicted octanol–water partition coefficient (Wildman–Crippen LogP) is 4.18. The zero-order chi connectivity index (χ0) is 18.7. The van der Waals surface area contributed by atoms with Crippen molar-refractivity contribution in [3.05, 3.63) is 82.8 Å². The largest absolute Gasteiger partial charge is 0.489 e. The molecule has 0 aliphatic carbocycles. The lowest BCUT2D eigenvalue weighted by Gasteiger charge is -2.09. The Morgan fingerprint density at radius 1 is 1.08 bits per heavy atom. The molecule has 26 heavy (non-hydrogen) atoms. The first kappa shape index (κ1) is 17.6. The predicted molar refractivity (Wildman–Crippen MR) is 98.4 cm³/mol. The number of carbonyl (C=O) groups is 1. The third-order valence-corrected chi connectivity index (χ3v) is 4.16. The number of hydrogen-bond donors (Lipinski definition) is 1. The van der Waals surface area contributed by atoms with E-state index in [1.54, 1.807) is 31.3 Å². The summed E-state index contributed by atoms with van der Waals surface area (Å²) in [6.45, 7) is 3.85. The molecule has 3 aromatic rings. The number of halogens is 1. The quantitative estimate of drug-likeness (QED) is 0.751. The van der Waals surface area contributed by atoms with E-state index in [2.05, 4.69) is 4.98 Å². The summed E-state index contributed by atoms with van der Waals surface area (Å²) in [4.78, 5) is 15.7. The van der Waals surface area contributed by atoms with E-state index in [9.17, 15) is 9.18 Å². The number of aryl methyl sites for hydroxylation is 2. The first-order valence-corrected chi connectivity index (χ1v) is 8.19. The van der Waals surface area contributed by atoms with E-state index in [0.29, 0.717) is 23.5 Å². The minimum atomic E-state index is -0.450. The van der Waals surface area contributed by atoms with E-state index in [1.807, 2.05) is 31.2 Å². The van der Waals surface area contributed by atoms with E-state index in [-0.39, 0.29) is 5.82 Å². The minimum Gasteiger partial charge on any atom is -0.489 e. The summed E-state index contributed by atoms with van der Waals surface area (Å²) >= 11 is 0. The molecule has 132 valence electrons. The van der Waals surface area contributed by atoms with Gasteiger partial charge in [0.2, 0.25) is 5.91 Å². The van der Waals surface area contributed by atoms with Crippen LogP contribution in [0.4, 0.5) is 4.39 Å². The van der Waals surface area contributed by atoms with E-state index in [4.69, 9.17) is 10.5 Å². The second-order valence-corrected chi connectivity index (χ2v) is 6.14. The van der Waals surface area contributed by atoms with Crippen molar-refractivity contribution in [3.8, 4) is 17.0 Å². The van der Waals surface area contributed by atoms with E-state index in [0.717, 1.165) is 22.4 Å². The summed E-state index contributed by atoms with van der Waals surface area (Å²) in [7, 11) is 0. The summed E-state index contributed by atoms with van der Waals surface area (Å²) in [5, 5.41) is 0. The van der Waals surface area contributed by atoms with Gasteiger partial charge in [-0.1, -0.05) is 12.1 Å². The summed E-state index contributed by atoms with van der Waals surface area (Å²) in [5.41, 5.74) is 9.78. The van der Waals surface area contributed by atoms with E-state index >= 15 is 0 Å². The van der Waals surface area contributed by atoms with Gasteiger partial charge in [-0.05, 0) is 60.9 Å². The molecule has 0 unspecified atom stereocenters.